The second-order valence-corrected chi connectivity index (χ2v) is 5.45. The SMILES string of the molecule is CCC(C)(NCc1cc(-c2cccs2)on1)C(=O)O. The van der Waals surface area contributed by atoms with Gasteiger partial charge in [-0.15, -0.1) is 11.3 Å². The van der Waals surface area contributed by atoms with Crippen LogP contribution in [0, 0.1) is 0 Å². The van der Waals surface area contributed by atoms with Gasteiger partial charge >= 0.3 is 5.97 Å². The molecular weight excluding hydrogens is 264 g/mol. The summed E-state index contributed by atoms with van der Waals surface area (Å²) in [7, 11) is 0. The summed E-state index contributed by atoms with van der Waals surface area (Å²) in [5.41, 5.74) is -0.244. The lowest BCUT2D eigenvalue weighted by molar-refractivity contribution is -0.144. The van der Waals surface area contributed by atoms with Gasteiger partial charge in [0.05, 0.1) is 10.6 Å². The number of carbonyl (C=O) groups is 1. The number of nitrogens with one attached hydrogen (secondary N) is 1. The highest BCUT2D eigenvalue weighted by molar-refractivity contribution is 7.13. The molecule has 6 heteroatoms. The number of hydrogen-bond donors (Lipinski definition) is 2. The minimum atomic E-state index is -0.942. The fraction of sp³-hybridized carbons (Fsp3) is 0.385. The van der Waals surface area contributed by atoms with Crippen LogP contribution in [0.15, 0.2) is 28.1 Å². The number of hydrogen-bond acceptors (Lipinski definition) is 5. The second kappa shape index (κ2) is 5.54. The van der Waals surface area contributed by atoms with Gasteiger partial charge < -0.3 is 9.63 Å². The highest BCUT2D eigenvalue weighted by Crippen LogP contribution is 2.25. The highest BCUT2D eigenvalue weighted by Gasteiger charge is 2.30. The molecule has 0 aliphatic carbocycles. The van der Waals surface area contributed by atoms with Crippen LogP contribution in [0.4, 0.5) is 0 Å². The van der Waals surface area contributed by atoms with E-state index in [1.54, 1.807) is 18.3 Å². The van der Waals surface area contributed by atoms with E-state index in [-0.39, 0.29) is 0 Å². The van der Waals surface area contributed by atoms with Crippen LogP contribution in [-0.2, 0) is 11.3 Å². The van der Waals surface area contributed by atoms with E-state index < -0.39 is 11.5 Å². The second-order valence-electron chi connectivity index (χ2n) is 4.50. The van der Waals surface area contributed by atoms with Crippen molar-refractivity contribution in [1.82, 2.24) is 10.5 Å². The summed E-state index contributed by atoms with van der Waals surface area (Å²) in [5.74, 6) is -0.155. The van der Waals surface area contributed by atoms with E-state index in [4.69, 9.17) is 9.63 Å². The van der Waals surface area contributed by atoms with E-state index in [2.05, 4.69) is 10.5 Å². The maximum atomic E-state index is 11.2. The smallest absolute Gasteiger partial charge is 0.323 e. The Morgan fingerprint density at radius 1 is 1.63 bits per heavy atom. The molecule has 0 aromatic carbocycles. The zero-order chi connectivity index (χ0) is 13.9. The summed E-state index contributed by atoms with van der Waals surface area (Å²) in [5, 5.41) is 18.1. The average molecular weight is 280 g/mol. The van der Waals surface area contributed by atoms with Crippen molar-refractivity contribution in [3.63, 3.8) is 0 Å². The molecule has 2 aromatic rings. The lowest BCUT2D eigenvalue weighted by atomic mass is 9.99. The molecule has 0 radical (unpaired) electrons. The van der Waals surface area contributed by atoms with Crippen LogP contribution in [0.3, 0.4) is 0 Å². The number of rotatable bonds is 6. The van der Waals surface area contributed by atoms with Crippen LogP contribution in [0.2, 0.25) is 0 Å². The Morgan fingerprint density at radius 3 is 3.00 bits per heavy atom. The molecule has 2 aromatic heterocycles. The standard InChI is InChI=1S/C13H16N2O3S/c1-3-13(2,12(16)17)14-8-9-7-10(18-15-9)11-5-4-6-19-11/h4-7,14H,3,8H2,1-2H3,(H,16,17). The van der Waals surface area contributed by atoms with Crippen LogP contribution in [0.5, 0.6) is 0 Å². The van der Waals surface area contributed by atoms with Crippen LogP contribution < -0.4 is 5.32 Å². The van der Waals surface area contributed by atoms with Crippen LogP contribution in [0.25, 0.3) is 10.6 Å². The van der Waals surface area contributed by atoms with Gasteiger partial charge in [-0.1, -0.05) is 18.1 Å². The first-order chi connectivity index (χ1) is 9.05. The number of carboxylic acid groups (broad SMARTS) is 1. The molecule has 0 saturated heterocycles. The molecule has 0 fully saturated rings. The van der Waals surface area contributed by atoms with Crippen molar-refractivity contribution >= 4 is 17.3 Å². The van der Waals surface area contributed by atoms with Gasteiger partial charge in [-0.3, -0.25) is 10.1 Å². The molecule has 0 aliphatic rings. The van der Waals surface area contributed by atoms with Gasteiger partial charge in [0.15, 0.2) is 5.76 Å². The lowest BCUT2D eigenvalue weighted by Gasteiger charge is -2.23. The predicted molar refractivity (Wildman–Crippen MR) is 73.0 cm³/mol. The normalized spacial score (nSPS) is 14.2. The van der Waals surface area contributed by atoms with E-state index in [1.165, 1.54) is 0 Å². The number of aromatic nitrogens is 1. The fourth-order valence-electron chi connectivity index (χ4n) is 1.57. The van der Waals surface area contributed by atoms with E-state index in [9.17, 15) is 4.79 Å². The Balaban J connectivity index is 2.03. The monoisotopic (exact) mass is 280 g/mol. The average Bonchev–Trinajstić information content (AvgIpc) is 3.05. The van der Waals surface area contributed by atoms with Gasteiger partial charge in [-0.05, 0) is 24.8 Å². The van der Waals surface area contributed by atoms with Crippen molar-refractivity contribution in [2.75, 3.05) is 0 Å². The number of aliphatic carboxylic acids is 1. The topological polar surface area (TPSA) is 75.4 Å². The van der Waals surface area contributed by atoms with Gasteiger partial charge in [-0.2, -0.15) is 0 Å². The first kappa shape index (κ1) is 13.8. The number of thiophene rings is 1. The molecule has 0 saturated carbocycles. The molecule has 0 bridgehead atoms. The quantitative estimate of drug-likeness (QED) is 0.851. The molecule has 2 N–H and O–H groups in total. The van der Waals surface area contributed by atoms with Crippen molar-refractivity contribution in [3.8, 4) is 10.6 Å². The predicted octanol–water partition coefficient (Wildman–Crippen LogP) is 2.75. The van der Waals surface area contributed by atoms with Crippen molar-refractivity contribution in [2.45, 2.75) is 32.4 Å². The first-order valence-electron chi connectivity index (χ1n) is 6.03. The summed E-state index contributed by atoms with van der Waals surface area (Å²) < 4.78 is 5.24. The Labute approximate surface area is 115 Å². The van der Waals surface area contributed by atoms with Gasteiger partial charge in [0.25, 0.3) is 0 Å². The third-order valence-corrected chi connectivity index (χ3v) is 4.05. The molecule has 102 valence electrons. The van der Waals surface area contributed by atoms with E-state index in [0.29, 0.717) is 24.4 Å². The zero-order valence-corrected chi connectivity index (χ0v) is 11.7. The van der Waals surface area contributed by atoms with Crippen LogP contribution >= 0.6 is 11.3 Å². The maximum absolute atomic E-state index is 11.2. The Hall–Kier alpha value is -1.66. The minimum absolute atomic E-state index is 0.367. The molecule has 5 nitrogen and oxygen atoms in total. The van der Waals surface area contributed by atoms with Crippen molar-refractivity contribution in [1.29, 1.82) is 0 Å². The number of nitrogens with zero attached hydrogens (tertiary/aromatic N) is 1. The number of carboxylic acids is 1. The maximum Gasteiger partial charge on any atom is 0.323 e. The molecule has 0 aliphatic heterocycles. The molecule has 0 amide bonds. The van der Waals surface area contributed by atoms with Crippen LogP contribution in [-0.4, -0.2) is 21.8 Å². The van der Waals surface area contributed by atoms with Crippen molar-refractivity contribution in [2.24, 2.45) is 0 Å². The van der Waals surface area contributed by atoms with Crippen molar-refractivity contribution in [3.05, 3.63) is 29.3 Å². The van der Waals surface area contributed by atoms with Crippen LogP contribution in [0.1, 0.15) is 26.0 Å². The van der Waals surface area contributed by atoms with Gasteiger partial charge in [-0.25, -0.2) is 0 Å². The van der Waals surface area contributed by atoms with Gasteiger partial charge in [0.1, 0.15) is 5.54 Å². The first-order valence-corrected chi connectivity index (χ1v) is 6.91. The molecular formula is C13H16N2O3S. The van der Waals surface area contributed by atoms with Crippen molar-refractivity contribution < 1.29 is 14.4 Å². The molecule has 19 heavy (non-hydrogen) atoms. The lowest BCUT2D eigenvalue weighted by Crippen LogP contribution is -2.48. The Kier molecular flexibility index (Phi) is 4.01. The zero-order valence-electron chi connectivity index (χ0n) is 10.8. The van der Waals surface area contributed by atoms with E-state index in [0.717, 1.165) is 4.88 Å². The van der Waals surface area contributed by atoms with E-state index >= 15 is 0 Å². The molecule has 1 atom stereocenters. The third-order valence-electron chi connectivity index (χ3n) is 3.16. The fourth-order valence-corrected chi connectivity index (χ4v) is 2.24. The molecule has 0 spiro atoms. The Bertz CT molecular complexity index is 550. The summed E-state index contributed by atoms with van der Waals surface area (Å²) in [4.78, 5) is 12.2. The largest absolute Gasteiger partial charge is 0.480 e. The summed E-state index contributed by atoms with van der Waals surface area (Å²) >= 11 is 1.57. The van der Waals surface area contributed by atoms with Gasteiger partial charge in [0.2, 0.25) is 0 Å². The highest BCUT2D eigenvalue weighted by atomic mass is 32.1. The van der Waals surface area contributed by atoms with Gasteiger partial charge in [0, 0.05) is 12.6 Å². The molecule has 2 heterocycles. The third kappa shape index (κ3) is 3.02. The van der Waals surface area contributed by atoms with E-state index in [1.807, 2.05) is 30.5 Å². The summed E-state index contributed by atoms with van der Waals surface area (Å²) in [6, 6.07) is 5.73. The summed E-state index contributed by atoms with van der Waals surface area (Å²) in [6.07, 6.45) is 0.498. The molecule has 1 unspecified atom stereocenters. The Morgan fingerprint density at radius 2 is 2.42 bits per heavy atom. The molecule has 2 rings (SSSR count). The summed E-state index contributed by atoms with van der Waals surface area (Å²) in [6.45, 7) is 3.86. The minimum Gasteiger partial charge on any atom is -0.480 e.